The van der Waals surface area contributed by atoms with Gasteiger partial charge in [-0.3, -0.25) is 4.79 Å². The van der Waals surface area contributed by atoms with E-state index in [1.807, 2.05) is 6.92 Å². The first-order chi connectivity index (χ1) is 7.91. The van der Waals surface area contributed by atoms with E-state index in [9.17, 15) is 9.90 Å². The van der Waals surface area contributed by atoms with Crippen molar-refractivity contribution in [2.24, 2.45) is 0 Å². The molecule has 17 heavy (non-hydrogen) atoms. The summed E-state index contributed by atoms with van der Waals surface area (Å²) < 4.78 is 0. The summed E-state index contributed by atoms with van der Waals surface area (Å²) in [6, 6.07) is 0.473. The van der Waals surface area contributed by atoms with Gasteiger partial charge < -0.3 is 15.3 Å². The molecule has 4 heteroatoms. The van der Waals surface area contributed by atoms with Crippen LogP contribution in [0.15, 0.2) is 0 Å². The lowest BCUT2D eigenvalue weighted by atomic mass is 9.95. The third-order valence-corrected chi connectivity index (χ3v) is 3.15. The molecule has 1 amide bonds. The quantitative estimate of drug-likeness (QED) is 0.711. The summed E-state index contributed by atoms with van der Waals surface area (Å²) in [6.45, 7) is 8.18. The van der Waals surface area contributed by atoms with Crippen molar-refractivity contribution < 1.29 is 9.90 Å². The minimum atomic E-state index is -0.690. The third kappa shape index (κ3) is 5.50. The molecule has 1 atom stereocenters. The normalized spacial score (nSPS) is 25.4. The summed E-state index contributed by atoms with van der Waals surface area (Å²) in [4.78, 5) is 13.7. The molecule has 0 saturated carbocycles. The summed E-state index contributed by atoms with van der Waals surface area (Å²) in [5.41, 5.74) is -0.690. The fraction of sp³-hybridized carbons (Fsp3) is 0.923. The van der Waals surface area contributed by atoms with Crippen LogP contribution in [0.4, 0.5) is 0 Å². The van der Waals surface area contributed by atoms with Crippen LogP contribution in [0.5, 0.6) is 0 Å². The van der Waals surface area contributed by atoms with E-state index < -0.39 is 5.60 Å². The first-order valence-electron chi connectivity index (χ1n) is 6.64. The van der Waals surface area contributed by atoms with Crippen molar-refractivity contribution in [2.75, 3.05) is 19.6 Å². The van der Waals surface area contributed by atoms with Crippen molar-refractivity contribution in [1.82, 2.24) is 10.2 Å². The number of rotatable bonds is 5. The number of carbonyl (C=O) groups excluding carboxylic acids is 1. The molecule has 1 unspecified atom stereocenters. The zero-order valence-electron chi connectivity index (χ0n) is 11.3. The zero-order chi connectivity index (χ0) is 12.9. The van der Waals surface area contributed by atoms with Crippen LogP contribution in [0.1, 0.15) is 46.5 Å². The standard InChI is InChI=1S/C13H26N2O2/c1-11(2)14-8-4-6-12(16)15-9-5-7-13(3,17)10-15/h11,14,17H,4-10H2,1-3H3. The van der Waals surface area contributed by atoms with Gasteiger partial charge in [-0.15, -0.1) is 0 Å². The van der Waals surface area contributed by atoms with E-state index in [0.29, 0.717) is 19.0 Å². The van der Waals surface area contributed by atoms with E-state index in [-0.39, 0.29) is 5.91 Å². The predicted octanol–water partition coefficient (Wildman–Crippen LogP) is 1.14. The monoisotopic (exact) mass is 242 g/mol. The molecule has 0 aliphatic carbocycles. The molecule has 0 aromatic rings. The van der Waals surface area contributed by atoms with Crippen LogP contribution in [0, 0.1) is 0 Å². The Morgan fingerprint density at radius 3 is 2.82 bits per heavy atom. The van der Waals surface area contributed by atoms with Gasteiger partial charge in [0.15, 0.2) is 0 Å². The summed E-state index contributed by atoms with van der Waals surface area (Å²) in [6.07, 6.45) is 3.15. The van der Waals surface area contributed by atoms with Gasteiger partial charge in [0.05, 0.1) is 5.60 Å². The van der Waals surface area contributed by atoms with Crippen LogP contribution in [-0.2, 0) is 4.79 Å². The Labute approximate surface area is 104 Å². The van der Waals surface area contributed by atoms with Crippen molar-refractivity contribution in [3.05, 3.63) is 0 Å². The number of β-amino-alcohol motifs (C(OH)–C–C–N with tert-alkyl or cyclic N) is 1. The second kappa shape index (κ2) is 6.36. The smallest absolute Gasteiger partial charge is 0.222 e. The number of hydrogen-bond acceptors (Lipinski definition) is 3. The van der Waals surface area contributed by atoms with Crippen molar-refractivity contribution >= 4 is 5.91 Å². The lowest BCUT2D eigenvalue weighted by molar-refractivity contribution is -0.137. The van der Waals surface area contributed by atoms with Crippen molar-refractivity contribution in [3.8, 4) is 0 Å². The lowest BCUT2D eigenvalue weighted by Gasteiger charge is -2.36. The number of nitrogens with zero attached hydrogens (tertiary/aromatic N) is 1. The second-order valence-electron chi connectivity index (χ2n) is 5.63. The molecule has 1 saturated heterocycles. The molecule has 1 aliphatic rings. The Morgan fingerprint density at radius 2 is 2.24 bits per heavy atom. The first-order valence-corrected chi connectivity index (χ1v) is 6.64. The van der Waals surface area contributed by atoms with Gasteiger partial charge in [0.2, 0.25) is 5.91 Å². The molecule has 0 radical (unpaired) electrons. The van der Waals surface area contributed by atoms with Gasteiger partial charge in [0.1, 0.15) is 0 Å². The Bertz CT molecular complexity index is 252. The van der Waals surface area contributed by atoms with Gasteiger partial charge in [0.25, 0.3) is 0 Å². The maximum atomic E-state index is 11.9. The summed E-state index contributed by atoms with van der Waals surface area (Å²) in [5.74, 6) is 0.176. The fourth-order valence-corrected chi connectivity index (χ4v) is 2.22. The topological polar surface area (TPSA) is 52.6 Å². The number of likely N-dealkylation sites (tertiary alicyclic amines) is 1. The number of nitrogens with one attached hydrogen (secondary N) is 1. The molecule has 1 rings (SSSR count). The number of piperidine rings is 1. The van der Waals surface area contributed by atoms with E-state index in [4.69, 9.17) is 0 Å². The molecule has 1 heterocycles. The molecule has 0 aromatic carbocycles. The molecule has 2 N–H and O–H groups in total. The van der Waals surface area contributed by atoms with Crippen LogP contribution >= 0.6 is 0 Å². The Morgan fingerprint density at radius 1 is 1.53 bits per heavy atom. The van der Waals surface area contributed by atoms with Crippen LogP contribution in [0.3, 0.4) is 0 Å². The molecule has 0 aromatic heterocycles. The molecule has 1 fully saturated rings. The van der Waals surface area contributed by atoms with Crippen molar-refractivity contribution in [2.45, 2.75) is 58.1 Å². The summed E-state index contributed by atoms with van der Waals surface area (Å²) in [7, 11) is 0. The minimum absolute atomic E-state index is 0.176. The summed E-state index contributed by atoms with van der Waals surface area (Å²) in [5, 5.41) is 13.2. The molecule has 1 aliphatic heterocycles. The van der Waals surface area contributed by atoms with Crippen molar-refractivity contribution in [3.63, 3.8) is 0 Å². The van der Waals surface area contributed by atoms with Gasteiger partial charge in [-0.2, -0.15) is 0 Å². The first kappa shape index (κ1) is 14.5. The molecule has 0 spiro atoms. The number of amides is 1. The maximum Gasteiger partial charge on any atom is 0.222 e. The van der Waals surface area contributed by atoms with E-state index in [1.165, 1.54) is 0 Å². The average Bonchev–Trinajstić information content (AvgIpc) is 2.22. The fourth-order valence-electron chi connectivity index (χ4n) is 2.22. The van der Waals surface area contributed by atoms with Crippen LogP contribution in [-0.4, -0.2) is 47.2 Å². The summed E-state index contributed by atoms with van der Waals surface area (Å²) >= 11 is 0. The highest BCUT2D eigenvalue weighted by atomic mass is 16.3. The molecular weight excluding hydrogens is 216 g/mol. The average molecular weight is 242 g/mol. The van der Waals surface area contributed by atoms with Gasteiger partial charge in [-0.05, 0) is 32.7 Å². The second-order valence-corrected chi connectivity index (χ2v) is 5.63. The van der Waals surface area contributed by atoms with E-state index in [2.05, 4.69) is 19.2 Å². The predicted molar refractivity (Wildman–Crippen MR) is 68.8 cm³/mol. The number of carbonyl (C=O) groups is 1. The molecule has 0 bridgehead atoms. The molecular formula is C13H26N2O2. The van der Waals surface area contributed by atoms with Gasteiger partial charge >= 0.3 is 0 Å². The maximum absolute atomic E-state index is 11.9. The van der Waals surface area contributed by atoms with Crippen LogP contribution in [0.2, 0.25) is 0 Å². The Balaban J connectivity index is 2.23. The number of hydrogen-bond donors (Lipinski definition) is 2. The highest BCUT2D eigenvalue weighted by Gasteiger charge is 2.30. The SMILES string of the molecule is CC(C)NCCCC(=O)N1CCCC(C)(O)C1. The number of aliphatic hydroxyl groups is 1. The third-order valence-electron chi connectivity index (χ3n) is 3.15. The Hall–Kier alpha value is -0.610. The zero-order valence-corrected chi connectivity index (χ0v) is 11.3. The van der Waals surface area contributed by atoms with Gasteiger partial charge in [-0.1, -0.05) is 13.8 Å². The van der Waals surface area contributed by atoms with E-state index in [1.54, 1.807) is 4.90 Å². The van der Waals surface area contributed by atoms with Gasteiger partial charge in [-0.25, -0.2) is 0 Å². The van der Waals surface area contributed by atoms with Crippen molar-refractivity contribution in [1.29, 1.82) is 0 Å². The molecule has 100 valence electrons. The van der Waals surface area contributed by atoms with Crippen LogP contribution < -0.4 is 5.32 Å². The Kier molecular flexibility index (Phi) is 5.40. The highest BCUT2D eigenvalue weighted by Crippen LogP contribution is 2.20. The minimum Gasteiger partial charge on any atom is -0.388 e. The largest absolute Gasteiger partial charge is 0.388 e. The highest BCUT2D eigenvalue weighted by molar-refractivity contribution is 5.76. The van der Waals surface area contributed by atoms with E-state index >= 15 is 0 Å². The van der Waals surface area contributed by atoms with Gasteiger partial charge in [0, 0.05) is 25.6 Å². The molecule has 4 nitrogen and oxygen atoms in total. The van der Waals surface area contributed by atoms with Crippen LogP contribution in [0.25, 0.3) is 0 Å². The van der Waals surface area contributed by atoms with E-state index in [0.717, 1.165) is 32.4 Å². The lowest BCUT2D eigenvalue weighted by Crippen LogP contribution is -2.48.